The van der Waals surface area contributed by atoms with E-state index >= 15 is 0 Å². The van der Waals surface area contributed by atoms with Gasteiger partial charge in [-0.3, -0.25) is 0 Å². The number of nitrogens with zero attached hydrogens (tertiary/aromatic N) is 1. The molecule has 2 aromatic rings. The van der Waals surface area contributed by atoms with Crippen molar-refractivity contribution in [2.75, 3.05) is 32.2 Å². The minimum absolute atomic E-state index is 0.0255. The predicted octanol–water partition coefficient (Wildman–Crippen LogP) is 3.26. The molecule has 2 fully saturated rings. The fourth-order valence-electron chi connectivity index (χ4n) is 4.27. The second-order valence-corrected chi connectivity index (χ2v) is 10.2. The highest BCUT2D eigenvalue weighted by Crippen LogP contribution is 2.54. The molecule has 2 N–H and O–H groups in total. The highest BCUT2D eigenvalue weighted by atomic mass is 32.2. The molecule has 8 nitrogen and oxygen atoms in total. The molecule has 0 unspecified atom stereocenters. The molecule has 0 amide bonds. The number of carbonyl (C=O) groups is 1. The van der Waals surface area contributed by atoms with Gasteiger partial charge >= 0.3 is 5.97 Å². The van der Waals surface area contributed by atoms with Crippen LogP contribution in [0.3, 0.4) is 0 Å². The summed E-state index contributed by atoms with van der Waals surface area (Å²) in [6.45, 7) is 1.50. The van der Waals surface area contributed by atoms with Crippen molar-refractivity contribution in [2.24, 2.45) is 5.41 Å². The lowest BCUT2D eigenvalue weighted by molar-refractivity contribution is 0.0697. The molecule has 9 heteroatoms. The summed E-state index contributed by atoms with van der Waals surface area (Å²) >= 11 is 0. The summed E-state index contributed by atoms with van der Waals surface area (Å²) in [5.74, 6) is 0.0553. The van der Waals surface area contributed by atoms with Crippen molar-refractivity contribution in [3.8, 4) is 11.5 Å². The van der Waals surface area contributed by atoms with Crippen LogP contribution in [-0.4, -0.2) is 46.8 Å². The lowest BCUT2D eigenvalue weighted by Gasteiger charge is -2.34. The van der Waals surface area contributed by atoms with Gasteiger partial charge in [-0.15, -0.1) is 0 Å². The van der Waals surface area contributed by atoms with Crippen molar-refractivity contribution >= 4 is 21.7 Å². The summed E-state index contributed by atoms with van der Waals surface area (Å²) in [5, 5.41) is 9.64. The zero-order valence-corrected chi connectivity index (χ0v) is 19.1. The van der Waals surface area contributed by atoms with Crippen LogP contribution in [0.1, 0.15) is 41.6 Å². The Labute approximate surface area is 188 Å². The Bertz CT molecular complexity index is 1120. The first-order chi connectivity index (χ1) is 15.3. The van der Waals surface area contributed by atoms with E-state index in [2.05, 4.69) is 4.72 Å². The quantitative estimate of drug-likeness (QED) is 0.623. The molecule has 0 bridgehead atoms. The topological polar surface area (TPSA) is 105 Å². The maximum atomic E-state index is 13.0. The Morgan fingerprint density at radius 3 is 2.38 bits per heavy atom. The van der Waals surface area contributed by atoms with Gasteiger partial charge in [0, 0.05) is 31.3 Å². The molecule has 0 aromatic heterocycles. The normalized spacial score (nSPS) is 17.2. The number of carboxylic acids is 1. The largest absolute Gasteiger partial charge is 0.497 e. The van der Waals surface area contributed by atoms with Crippen molar-refractivity contribution in [3.05, 3.63) is 47.5 Å². The molecule has 1 saturated carbocycles. The lowest BCUT2D eigenvalue weighted by Crippen LogP contribution is -2.35. The van der Waals surface area contributed by atoms with Gasteiger partial charge in [0.1, 0.15) is 11.5 Å². The van der Waals surface area contributed by atoms with Crippen molar-refractivity contribution in [2.45, 2.75) is 37.1 Å². The molecule has 1 saturated heterocycles. The molecular formula is C23H28N2O6S. The Kier molecular flexibility index (Phi) is 6.05. The van der Waals surface area contributed by atoms with E-state index in [0.717, 1.165) is 25.9 Å². The minimum atomic E-state index is -3.87. The maximum Gasteiger partial charge on any atom is 0.337 e. The van der Waals surface area contributed by atoms with Gasteiger partial charge in [0.05, 0.1) is 30.4 Å². The molecule has 0 radical (unpaired) electrons. The number of piperidine rings is 1. The van der Waals surface area contributed by atoms with E-state index in [1.165, 1.54) is 38.2 Å². The fraction of sp³-hybridized carbons (Fsp3) is 0.435. The molecule has 1 aliphatic carbocycles. The van der Waals surface area contributed by atoms with E-state index in [-0.39, 0.29) is 17.0 Å². The first kappa shape index (κ1) is 22.4. The monoisotopic (exact) mass is 460 g/mol. The zero-order valence-electron chi connectivity index (χ0n) is 18.3. The molecule has 1 heterocycles. The minimum Gasteiger partial charge on any atom is -0.497 e. The van der Waals surface area contributed by atoms with E-state index in [9.17, 15) is 18.3 Å². The molecule has 32 heavy (non-hydrogen) atoms. The number of rotatable bonds is 8. The van der Waals surface area contributed by atoms with Gasteiger partial charge in [-0.05, 0) is 55.4 Å². The standard InChI is InChI=1S/C23H28N2O6S/c1-30-17-4-3-16(21(13-17)31-2)15-24-32(28,29)18-5-6-19(22(26)27)20(14-18)25-11-9-23(7-8-23)10-12-25/h3-6,13-14,24H,7-12,15H2,1-2H3,(H,26,27). The molecule has 2 aromatic carbocycles. The summed E-state index contributed by atoms with van der Waals surface area (Å²) in [6, 6.07) is 9.35. The second-order valence-electron chi connectivity index (χ2n) is 8.47. The number of aromatic carboxylic acids is 1. The third kappa shape index (κ3) is 4.54. The summed E-state index contributed by atoms with van der Waals surface area (Å²) in [4.78, 5) is 13.8. The van der Waals surface area contributed by atoms with Crippen LogP contribution in [-0.2, 0) is 16.6 Å². The van der Waals surface area contributed by atoms with Gasteiger partial charge in [-0.25, -0.2) is 17.9 Å². The number of carboxylic acid groups (broad SMARTS) is 1. The Balaban J connectivity index is 1.56. The summed E-state index contributed by atoms with van der Waals surface area (Å²) < 4.78 is 39.1. The number of sulfonamides is 1. The second kappa shape index (κ2) is 8.63. The SMILES string of the molecule is COc1ccc(CNS(=O)(=O)c2ccc(C(=O)O)c(N3CCC4(CC3)CC4)c2)c(OC)c1. The molecular weight excluding hydrogens is 432 g/mol. The summed E-state index contributed by atoms with van der Waals surface area (Å²) in [5.41, 5.74) is 1.66. The third-order valence-corrected chi connectivity index (χ3v) is 7.98. The third-order valence-electron chi connectivity index (χ3n) is 6.58. The van der Waals surface area contributed by atoms with Crippen molar-refractivity contribution in [1.29, 1.82) is 0 Å². The van der Waals surface area contributed by atoms with Gasteiger partial charge in [0.15, 0.2) is 0 Å². The van der Waals surface area contributed by atoms with Crippen molar-refractivity contribution in [1.82, 2.24) is 4.72 Å². The number of hydrogen-bond donors (Lipinski definition) is 2. The van der Waals surface area contributed by atoms with Gasteiger partial charge in [0.25, 0.3) is 0 Å². The van der Waals surface area contributed by atoms with Crippen LogP contribution in [0.4, 0.5) is 5.69 Å². The maximum absolute atomic E-state index is 13.0. The number of hydrogen-bond acceptors (Lipinski definition) is 6. The fourth-order valence-corrected chi connectivity index (χ4v) is 5.30. The first-order valence-corrected chi connectivity index (χ1v) is 12.1. The average molecular weight is 461 g/mol. The number of ether oxygens (including phenoxy) is 2. The highest BCUT2D eigenvalue weighted by Gasteiger charge is 2.44. The summed E-state index contributed by atoms with van der Waals surface area (Å²) in [7, 11) is -0.818. The molecule has 1 aliphatic heterocycles. The molecule has 1 spiro atoms. The van der Waals surface area contributed by atoms with E-state index in [0.29, 0.717) is 28.2 Å². The average Bonchev–Trinajstić information content (AvgIpc) is 3.56. The molecule has 0 atom stereocenters. The number of anilines is 1. The van der Waals surface area contributed by atoms with Crippen LogP contribution in [0.5, 0.6) is 11.5 Å². The van der Waals surface area contributed by atoms with Gasteiger partial charge in [-0.2, -0.15) is 0 Å². The van der Waals surface area contributed by atoms with Crippen LogP contribution in [0.15, 0.2) is 41.3 Å². The van der Waals surface area contributed by atoms with Crippen molar-refractivity contribution in [3.63, 3.8) is 0 Å². The van der Waals surface area contributed by atoms with Crippen LogP contribution in [0, 0.1) is 5.41 Å². The smallest absolute Gasteiger partial charge is 0.337 e. The van der Waals surface area contributed by atoms with E-state index < -0.39 is 16.0 Å². The van der Waals surface area contributed by atoms with E-state index in [1.807, 2.05) is 4.90 Å². The Morgan fingerprint density at radius 2 is 1.78 bits per heavy atom. The summed E-state index contributed by atoms with van der Waals surface area (Å²) in [6.07, 6.45) is 4.50. The van der Waals surface area contributed by atoms with Crippen LogP contribution >= 0.6 is 0 Å². The van der Waals surface area contributed by atoms with Gasteiger partial charge in [0.2, 0.25) is 10.0 Å². The van der Waals surface area contributed by atoms with Gasteiger partial charge < -0.3 is 19.5 Å². The first-order valence-electron chi connectivity index (χ1n) is 10.6. The molecule has 172 valence electrons. The van der Waals surface area contributed by atoms with E-state index in [4.69, 9.17) is 9.47 Å². The number of benzene rings is 2. The Morgan fingerprint density at radius 1 is 1.06 bits per heavy atom. The highest BCUT2D eigenvalue weighted by molar-refractivity contribution is 7.89. The molecule has 2 aliphatic rings. The van der Waals surface area contributed by atoms with Gasteiger partial charge in [-0.1, -0.05) is 6.07 Å². The lowest BCUT2D eigenvalue weighted by atomic mass is 9.93. The van der Waals surface area contributed by atoms with Crippen LogP contribution in [0.25, 0.3) is 0 Å². The van der Waals surface area contributed by atoms with Crippen LogP contribution in [0.2, 0.25) is 0 Å². The number of methoxy groups -OCH3 is 2. The van der Waals surface area contributed by atoms with E-state index in [1.54, 1.807) is 25.3 Å². The Hall–Kier alpha value is -2.78. The predicted molar refractivity (Wildman–Crippen MR) is 120 cm³/mol. The number of nitrogens with one attached hydrogen (secondary N) is 1. The zero-order chi connectivity index (χ0) is 22.9. The van der Waals surface area contributed by atoms with Crippen molar-refractivity contribution < 1.29 is 27.8 Å². The molecule has 4 rings (SSSR count). The van der Waals surface area contributed by atoms with Crippen LogP contribution < -0.4 is 19.1 Å².